The first kappa shape index (κ1) is 12.6. The molecule has 2 aromatic rings. The molecule has 3 heteroatoms. The van der Waals surface area contributed by atoms with Crippen LogP contribution in [0.5, 0.6) is 5.75 Å². The average molecular weight is 242 g/mol. The molecule has 1 heterocycles. The van der Waals surface area contributed by atoms with Crippen molar-refractivity contribution >= 4 is 0 Å². The number of ether oxygens (including phenoxy) is 1. The zero-order valence-corrected chi connectivity index (χ0v) is 10.6. The molecule has 0 saturated heterocycles. The van der Waals surface area contributed by atoms with Crippen LogP contribution in [0.15, 0.2) is 42.7 Å². The first-order chi connectivity index (χ1) is 8.83. The lowest BCUT2D eigenvalue weighted by molar-refractivity contribution is 0.317. The molecule has 0 bridgehead atoms. The molecule has 2 N–H and O–H groups in total. The van der Waals surface area contributed by atoms with Crippen LogP contribution in [-0.4, -0.2) is 11.6 Å². The highest BCUT2D eigenvalue weighted by Gasteiger charge is 2.00. The molecule has 2 rings (SSSR count). The van der Waals surface area contributed by atoms with E-state index in [4.69, 9.17) is 10.5 Å². The summed E-state index contributed by atoms with van der Waals surface area (Å²) in [5.74, 6) is 0.906. The van der Waals surface area contributed by atoms with Gasteiger partial charge in [0.2, 0.25) is 0 Å². The van der Waals surface area contributed by atoms with Gasteiger partial charge in [0.15, 0.2) is 0 Å². The maximum absolute atomic E-state index is 5.62. The minimum atomic E-state index is 0.512. The Morgan fingerprint density at radius 1 is 1.11 bits per heavy atom. The first-order valence-corrected chi connectivity index (χ1v) is 6.20. The molecule has 0 spiro atoms. The Labute approximate surface area is 108 Å². The molecule has 1 aromatic carbocycles. The van der Waals surface area contributed by atoms with Crippen LogP contribution in [-0.2, 0) is 6.54 Å². The van der Waals surface area contributed by atoms with E-state index in [0.29, 0.717) is 6.54 Å². The molecule has 0 aliphatic rings. The van der Waals surface area contributed by atoms with E-state index >= 15 is 0 Å². The van der Waals surface area contributed by atoms with Crippen molar-refractivity contribution in [2.24, 2.45) is 5.73 Å². The second-order valence-electron chi connectivity index (χ2n) is 4.16. The second-order valence-corrected chi connectivity index (χ2v) is 4.16. The van der Waals surface area contributed by atoms with Crippen LogP contribution in [0.25, 0.3) is 11.1 Å². The van der Waals surface area contributed by atoms with Gasteiger partial charge in [-0.05, 0) is 35.7 Å². The smallest absolute Gasteiger partial charge is 0.119 e. The summed E-state index contributed by atoms with van der Waals surface area (Å²) in [7, 11) is 0. The van der Waals surface area contributed by atoms with Crippen LogP contribution in [0.3, 0.4) is 0 Å². The van der Waals surface area contributed by atoms with Gasteiger partial charge in [0.05, 0.1) is 6.61 Å². The van der Waals surface area contributed by atoms with Crippen molar-refractivity contribution < 1.29 is 4.74 Å². The molecule has 0 atom stereocenters. The minimum Gasteiger partial charge on any atom is -0.494 e. The fraction of sp³-hybridized carbons (Fsp3) is 0.267. The predicted octanol–water partition coefficient (Wildman–Crippen LogP) is 3.00. The second kappa shape index (κ2) is 6.17. The number of nitrogens with two attached hydrogens (primary N) is 1. The zero-order chi connectivity index (χ0) is 12.8. The Kier molecular flexibility index (Phi) is 4.31. The van der Waals surface area contributed by atoms with Gasteiger partial charge in [-0.3, -0.25) is 4.98 Å². The minimum absolute atomic E-state index is 0.512. The fourth-order valence-corrected chi connectivity index (χ4v) is 1.72. The van der Waals surface area contributed by atoms with E-state index in [1.54, 1.807) is 6.20 Å². The van der Waals surface area contributed by atoms with Crippen LogP contribution in [0.2, 0.25) is 0 Å². The molecular formula is C15H18N2O. The van der Waals surface area contributed by atoms with E-state index in [2.05, 4.69) is 18.0 Å². The van der Waals surface area contributed by atoms with Crippen molar-refractivity contribution in [1.29, 1.82) is 0 Å². The number of hydrogen-bond donors (Lipinski definition) is 1. The molecule has 3 nitrogen and oxygen atoms in total. The molecule has 0 saturated carbocycles. The molecule has 0 aliphatic heterocycles. The van der Waals surface area contributed by atoms with E-state index in [1.807, 2.05) is 30.5 Å². The van der Waals surface area contributed by atoms with Gasteiger partial charge in [0, 0.05) is 24.5 Å². The van der Waals surface area contributed by atoms with E-state index in [-0.39, 0.29) is 0 Å². The van der Waals surface area contributed by atoms with E-state index in [0.717, 1.165) is 35.5 Å². The first-order valence-electron chi connectivity index (χ1n) is 6.20. The van der Waals surface area contributed by atoms with Crippen molar-refractivity contribution in [2.45, 2.75) is 19.9 Å². The highest BCUT2D eigenvalue weighted by molar-refractivity contribution is 5.63. The van der Waals surface area contributed by atoms with Crippen molar-refractivity contribution in [3.05, 3.63) is 48.3 Å². The third-order valence-corrected chi connectivity index (χ3v) is 2.69. The summed E-state index contributed by atoms with van der Waals surface area (Å²) < 4.78 is 5.56. The summed E-state index contributed by atoms with van der Waals surface area (Å²) in [6, 6.07) is 10.1. The van der Waals surface area contributed by atoms with Gasteiger partial charge in [0.25, 0.3) is 0 Å². The SMILES string of the molecule is CCCOc1ccc(-c2cncc(CN)c2)cc1. The largest absolute Gasteiger partial charge is 0.494 e. The highest BCUT2D eigenvalue weighted by atomic mass is 16.5. The Morgan fingerprint density at radius 3 is 2.56 bits per heavy atom. The number of pyridine rings is 1. The summed E-state index contributed by atoms with van der Waals surface area (Å²) in [4.78, 5) is 4.19. The molecule has 18 heavy (non-hydrogen) atoms. The Hall–Kier alpha value is -1.87. The number of aromatic nitrogens is 1. The van der Waals surface area contributed by atoms with E-state index in [1.165, 1.54) is 0 Å². The Balaban J connectivity index is 2.17. The van der Waals surface area contributed by atoms with Crippen LogP contribution in [0.1, 0.15) is 18.9 Å². The van der Waals surface area contributed by atoms with Crippen molar-refractivity contribution in [3.8, 4) is 16.9 Å². The fourth-order valence-electron chi connectivity index (χ4n) is 1.72. The Morgan fingerprint density at radius 2 is 1.89 bits per heavy atom. The molecule has 0 amide bonds. The van der Waals surface area contributed by atoms with E-state index in [9.17, 15) is 0 Å². The monoisotopic (exact) mass is 242 g/mol. The van der Waals surface area contributed by atoms with Gasteiger partial charge >= 0.3 is 0 Å². The number of hydrogen-bond acceptors (Lipinski definition) is 3. The highest BCUT2D eigenvalue weighted by Crippen LogP contribution is 2.22. The number of nitrogens with zero attached hydrogens (tertiary/aromatic N) is 1. The van der Waals surface area contributed by atoms with E-state index < -0.39 is 0 Å². The summed E-state index contributed by atoms with van der Waals surface area (Å²) >= 11 is 0. The number of rotatable bonds is 5. The molecule has 0 aliphatic carbocycles. The van der Waals surface area contributed by atoms with Gasteiger partial charge in [-0.1, -0.05) is 19.1 Å². The van der Waals surface area contributed by atoms with Gasteiger partial charge in [-0.15, -0.1) is 0 Å². The number of benzene rings is 1. The van der Waals surface area contributed by atoms with Crippen molar-refractivity contribution in [3.63, 3.8) is 0 Å². The predicted molar refractivity (Wildman–Crippen MR) is 73.4 cm³/mol. The van der Waals surface area contributed by atoms with Crippen LogP contribution < -0.4 is 10.5 Å². The standard InChI is InChI=1S/C15H18N2O/c1-2-7-18-15-5-3-13(4-6-15)14-8-12(9-16)10-17-11-14/h3-6,8,10-11H,2,7,9,16H2,1H3. The normalized spacial score (nSPS) is 10.3. The van der Waals surface area contributed by atoms with Gasteiger partial charge < -0.3 is 10.5 Å². The van der Waals surface area contributed by atoms with Gasteiger partial charge in [0.1, 0.15) is 5.75 Å². The van der Waals surface area contributed by atoms with Crippen LogP contribution >= 0.6 is 0 Å². The quantitative estimate of drug-likeness (QED) is 0.876. The molecule has 94 valence electrons. The maximum atomic E-state index is 5.62. The topological polar surface area (TPSA) is 48.1 Å². The van der Waals surface area contributed by atoms with Crippen LogP contribution in [0, 0.1) is 0 Å². The molecule has 0 fully saturated rings. The van der Waals surface area contributed by atoms with Crippen molar-refractivity contribution in [2.75, 3.05) is 6.61 Å². The zero-order valence-electron chi connectivity index (χ0n) is 10.6. The average Bonchev–Trinajstić information content (AvgIpc) is 2.46. The lowest BCUT2D eigenvalue weighted by atomic mass is 10.1. The lowest BCUT2D eigenvalue weighted by Crippen LogP contribution is -1.97. The van der Waals surface area contributed by atoms with Crippen LogP contribution in [0.4, 0.5) is 0 Å². The molecule has 1 aromatic heterocycles. The molecule has 0 radical (unpaired) electrons. The third kappa shape index (κ3) is 3.08. The third-order valence-electron chi connectivity index (χ3n) is 2.69. The lowest BCUT2D eigenvalue weighted by Gasteiger charge is -2.06. The van der Waals surface area contributed by atoms with Gasteiger partial charge in [-0.2, -0.15) is 0 Å². The summed E-state index contributed by atoms with van der Waals surface area (Å²) in [5.41, 5.74) is 8.87. The molecule has 0 unspecified atom stereocenters. The summed E-state index contributed by atoms with van der Waals surface area (Å²) in [6.07, 6.45) is 4.66. The summed E-state index contributed by atoms with van der Waals surface area (Å²) in [6.45, 7) is 3.36. The van der Waals surface area contributed by atoms with Crippen molar-refractivity contribution in [1.82, 2.24) is 4.98 Å². The Bertz CT molecular complexity index is 494. The summed E-state index contributed by atoms with van der Waals surface area (Å²) in [5, 5.41) is 0. The molecular weight excluding hydrogens is 224 g/mol. The maximum Gasteiger partial charge on any atom is 0.119 e. The van der Waals surface area contributed by atoms with Gasteiger partial charge in [-0.25, -0.2) is 0 Å².